The van der Waals surface area contributed by atoms with Gasteiger partial charge in [-0.2, -0.15) is 0 Å². The fourth-order valence-electron chi connectivity index (χ4n) is 2.38. The predicted molar refractivity (Wildman–Crippen MR) is 74.2 cm³/mol. The summed E-state index contributed by atoms with van der Waals surface area (Å²) in [6, 6.07) is 10.1. The highest BCUT2D eigenvalue weighted by molar-refractivity contribution is 5.94. The van der Waals surface area contributed by atoms with E-state index in [1.54, 1.807) is 5.01 Å². The number of hydrogen-bond acceptors (Lipinski definition) is 2. The molecule has 1 amide bonds. The molecule has 3 nitrogen and oxygen atoms in total. The molecule has 0 radical (unpaired) electrons. The van der Waals surface area contributed by atoms with Gasteiger partial charge in [0.15, 0.2) is 0 Å². The summed E-state index contributed by atoms with van der Waals surface area (Å²) in [5.41, 5.74) is 4.26. The Morgan fingerprint density at radius 3 is 2.72 bits per heavy atom. The molecule has 1 aromatic rings. The molecule has 18 heavy (non-hydrogen) atoms. The lowest BCUT2D eigenvalue weighted by atomic mass is 10.1. The van der Waals surface area contributed by atoms with E-state index in [0.717, 1.165) is 12.1 Å². The molecule has 0 aromatic heterocycles. The van der Waals surface area contributed by atoms with Crippen molar-refractivity contribution in [1.82, 2.24) is 5.43 Å². The lowest BCUT2D eigenvalue weighted by Gasteiger charge is -2.17. The fraction of sp³-hybridized carbons (Fsp3) is 0.533. The van der Waals surface area contributed by atoms with Crippen molar-refractivity contribution in [3.8, 4) is 0 Å². The Morgan fingerprint density at radius 1 is 1.22 bits per heavy atom. The first-order valence-corrected chi connectivity index (χ1v) is 6.95. The lowest BCUT2D eigenvalue weighted by Crippen LogP contribution is -2.37. The summed E-state index contributed by atoms with van der Waals surface area (Å²) in [4.78, 5) is 11.9. The molecule has 1 atom stereocenters. The second kappa shape index (κ2) is 6.55. The number of carbonyl (C=O) groups is 1. The van der Waals surface area contributed by atoms with Gasteiger partial charge in [-0.3, -0.25) is 4.79 Å². The highest BCUT2D eigenvalue weighted by Crippen LogP contribution is 2.21. The van der Waals surface area contributed by atoms with Crippen LogP contribution in [-0.2, 0) is 4.79 Å². The van der Waals surface area contributed by atoms with Crippen molar-refractivity contribution in [3.63, 3.8) is 0 Å². The molecule has 3 heteroatoms. The van der Waals surface area contributed by atoms with Crippen LogP contribution in [0.15, 0.2) is 30.3 Å². The predicted octanol–water partition coefficient (Wildman–Crippen LogP) is 3.27. The molecule has 0 saturated carbocycles. The van der Waals surface area contributed by atoms with E-state index in [1.807, 2.05) is 30.3 Å². The minimum atomic E-state index is 0.182. The van der Waals surface area contributed by atoms with Gasteiger partial charge in [0.25, 0.3) is 0 Å². The third kappa shape index (κ3) is 3.33. The van der Waals surface area contributed by atoms with Crippen LogP contribution in [0.25, 0.3) is 0 Å². The van der Waals surface area contributed by atoms with E-state index in [0.29, 0.717) is 12.5 Å². The first-order chi connectivity index (χ1) is 8.81. The second-order valence-corrected chi connectivity index (χ2v) is 4.94. The fourth-order valence-corrected chi connectivity index (χ4v) is 2.38. The molecule has 0 spiro atoms. The van der Waals surface area contributed by atoms with E-state index in [4.69, 9.17) is 0 Å². The Bertz CT molecular complexity index is 377. The average molecular weight is 246 g/mol. The molecule has 1 fully saturated rings. The smallest absolute Gasteiger partial charge is 0.243 e. The number of amides is 1. The minimum Gasteiger partial charge on any atom is -0.273 e. The number of unbranched alkanes of at least 4 members (excludes halogenated alkanes) is 3. The maximum atomic E-state index is 11.9. The maximum Gasteiger partial charge on any atom is 0.243 e. The first kappa shape index (κ1) is 13.1. The van der Waals surface area contributed by atoms with E-state index in [1.165, 1.54) is 25.7 Å². The first-order valence-electron chi connectivity index (χ1n) is 6.95. The minimum absolute atomic E-state index is 0.182. The summed E-state index contributed by atoms with van der Waals surface area (Å²) in [6.45, 7) is 2.22. The average Bonchev–Trinajstić information content (AvgIpc) is 2.77. The summed E-state index contributed by atoms with van der Waals surface area (Å²) in [6.07, 6.45) is 6.75. The summed E-state index contributed by atoms with van der Waals surface area (Å²) < 4.78 is 0. The number of hydrazine groups is 1. The number of para-hydroxylation sites is 1. The monoisotopic (exact) mass is 246 g/mol. The van der Waals surface area contributed by atoms with Crippen LogP contribution in [0.3, 0.4) is 0 Å². The topological polar surface area (TPSA) is 32.3 Å². The number of nitrogens with one attached hydrogen (secondary N) is 1. The molecule has 1 unspecified atom stereocenters. The molecular formula is C15H22N2O. The Balaban J connectivity index is 1.84. The molecule has 1 aliphatic rings. The lowest BCUT2D eigenvalue weighted by molar-refractivity contribution is -0.117. The van der Waals surface area contributed by atoms with Crippen molar-refractivity contribution >= 4 is 11.6 Å². The van der Waals surface area contributed by atoms with Gasteiger partial charge in [-0.15, -0.1) is 0 Å². The zero-order valence-corrected chi connectivity index (χ0v) is 11.1. The highest BCUT2D eigenvalue weighted by atomic mass is 16.2. The third-order valence-corrected chi connectivity index (χ3v) is 3.40. The van der Waals surface area contributed by atoms with Crippen LogP contribution in [-0.4, -0.2) is 11.9 Å². The van der Waals surface area contributed by atoms with Gasteiger partial charge in [0.1, 0.15) is 0 Å². The van der Waals surface area contributed by atoms with E-state index >= 15 is 0 Å². The zero-order chi connectivity index (χ0) is 12.8. The maximum absolute atomic E-state index is 11.9. The van der Waals surface area contributed by atoms with Gasteiger partial charge >= 0.3 is 0 Å². The van der Waals surface area contributed by atoms with Crippen molar-refractivity contribution < 1.29 is 4.79 Å². The molecule has 1 aromatic carbocycles. The molecule has 0 aliphatic carbocycles. The van der Waals surface area contributed by atoms with Crippen molar-refractivity contribution in [2.75, 3.05) is 5.01 Å². The van der Waals surface area contributed by atoms with Crippen LogP contribution in [0.5, 0.6) is 0 Å². The standard InChI is InChI=1S/C15H22N2O/c1-2-3-4-6-9-13-12-15(18)17(16-13)14-10-7-5-8-11-14/h5,7-8,10-11,13,16H,2-4,6,9,12H2,1H3. The normalized spacial score (nSPS) is 19.5. The van der Waals surface area contributed by atoms with Crippen molar-refractivity contribution in [3.05, 3.63) is 30.3 Å². The highest BCUT2D eigenvalue weighted by Gasteiger charge is 2.29. The molecule has 98 valence electrons. The van der Waals surface area contributed by atoms with Crippen LogP contribution in [0.1, 0.15) is 45.4 Å². The van der Waals surface area contributed by atoms with Crippen LogP contribution in [0.4, 0.5) is 5.69 Å². The zero-order valence-electron chi connectivity index (χ0n) is 11.1. The summed E-state index contributed by atoms with van der Waals surface area (Å²) in [7, 11) is 0. The van der Waals surface area contributed by atoms with Gasteiger partial charge in [0.05, 0.1) is 5.69 Å². The number of hydrogen-bond donors (Lipinski definition) is 1. The molecule has 1 N–H and O–H groups in total. The van der Waals surface area contributed by atoms with Crippen LogP contribution in [0.2, 0.25) is 0 Å². The van der Waals surface area contributed by atoms with Gasteiger partial charge in [-0.05, 0) is 18.6 Å². The summed E-state index contributed by atoms with van der Waals surface area (Å²) >= 11 is 0. The van der Waals surface area contributed by atoms with Crippen molar-refractivity contribution in [2.45, 2.75) is 51.5 Å². The van der Waals surface area contributed by atoms with E-state index < -0.39 is 0 Å². The number of anilines is 1. The van der Waals surface area contributed by atoms with E-state index in [-0.39, 0.29) is 5.91 Å². The number of carbonyl (C=O) groups excluding carboxylic acids is 1. The van der Waals surface area contributed by atoms with Crippen molar-refractivity contribution in [1.29, 1.82) is 0 Å². The third-order valence-electron chi connectivity index (χ3n) is 3.40. The summed E-state index contributed by atoms with van der Waals surface area (Å²) in [5.74, 6) is 0.182. The van der Waals surface area contributed by atoms with Gasteiger partial charge in [0, 0.05) is 12.5 Å². The largest absolute Gasteiger partial charge is 0.273 e. The molecule has 1 aliphatic heterocycles. The molecule has 2 rings (SSSR count). The number of nitrogens with zero attached hydrogens (tertiary/aromatic N) is 1. The number of rotatable bonds is 6. The molecule has 1 saturated heterocycles. The van der Waals surface area contributed by atoms with Crippen LogP contribution >= 0.6 is 0 Å². The van der Waals surface area contributed by atoms with E-state index in [2.05, 4.69) is 12.3 Å². The Labute approximate surface area is 109 Å². The van der Waals surface area contributed by atoms with Gasteiger partial charge in [0.2, 0.25) is 5.91 Å². The molecular weight excluding hydrogens is 224 g/mol. The van der Waals surface area contributed by atoms with Crippen molar-refractivity contribution in [2.24, 2.45) is 0 Å². The van der Waals surface area contributed by atoms with Crippen LogP contribution < -0.4 is 10.4 Å². The molecule has 0 bridgehead atoms. The Hall–Kier alpha value is -1.35. The van der Waals surface area contributed by atoms with Gasteiger partial charge < -0.3 is 0 Å². The number of benzene rings is 1. The van der Waals surface area contributed by atoms with E-state index in [9.17, 15) is 4.79 Å². The van der Waals surface area contributed by atoms with Gasteiger partial charge in [-0.25, -0.2) is 10.4 Å². The summed E-state index contributed by atoms with van der Waals surface area (Å²) in [5, 5.41) is 1.70. The van der Waals surface area contributed by atoms with Crippen LogP contribution in [0, 0.1) is 0 Å². The quantitative estimate of drug-likeness (QED) is 0.781. The second-order valence-electron chi connectivity index (χ2n) is 4.94. The van der Waals surface area contributed by atoms with Gasteiger partial charge in [-0.1, -0.05) is 50.8 Å². The Kier molecular flexibility index (Phi) is 4.76. The Morgan fingerprint density at radius 2 is 2.00 bits per heavy atom. The molecule has 1 heterocycles. The SMILES string of the molecule is CCCCCCC1CC(=O)N(c2ccccc2)N1.